The summed E-state index contributed by atoms with van der Waals surface area (Å²) in [4.78, 5) is 24.3. The monoisotopic (exact) mass is 497 g/mol. The molecule has 0 spiro atoms. The lowest BCUT2D eigenvalue weighted by molar-refractivity contribution is 0.0696. The average Bonchev–Trinajstić information content (AvgIpc) is 2.76. The van der Waals surface area contributed by atoms with E-state index in [1.807, 2.05) is 26.8 Å². The van der Waals surface area contributed by atoms with E-state index in [1.165, 1.54) is 24.4 Å². The molecule has 3 N–H and O–H groups in total. The van der Waals surface area contributed by atoms with Gasteiger partial charge in [0, 0.05) is 23.0 Å². The first kappa shape index (κ1) is 25.7. The van der Waals surface area contributed by atoms with Crippen LogP contribution in [0.2, 0.25) is 0 Å². The summed E-state index contributed by atoms with van der Waals surface area (Å²) < 4.78 is 31.0. The van der Waals surface area contributed by atoms with Crippen LogP contribution in [-0.2, 0) is 15.4 Å². The lowest BCUT2D eigenvalue weighted by Gasteiger charge is -2.24. The summed E-state index contributed by atoms with van der Waals surface area (Å²) in [7, 11) is -2.01. The normalized spacial score (nSPS) is 12.0. The molecule has 10 heteroatoms. The molecule has 0 atom stereocenters. The van der Waals surface area contributed by atoms with Gasteiger partial charge in [0.25, 0.3) is 5.56 Å². The van der Waals surface area contributed by atoms with Crippen molar-refractivity contribution in [2.75, 3.05) is 18.1 Å². The van der Waals surface area contributed by atoms with Crippen molar-refractivity contribution in [3.05, 3.63) is 75.2 Å². The van der Waals surface area contributed by atoms with Crippen molar-refractivity contribution in [3.63, 3.8) is 0 Å². The molecular weight excluding hydrogens is 470 g/mol. The number of aromatic nitrogens is 2. The van der Waals surface area contributed by atoms with Gasteiger partial charge < -0.3 is 9.84 Å². The molecule has 9 nitrogen and oxygen atoms in total. The summed E-state index contributed by atoms with van der Waals surface area (Å²) in [5.74, 6) is -0.614. The van der Waals surface area contributed by atoms with Crippen molar-refractivity contribution in [3.8, 4) is 16.9 Å². The molecule has 1 aromatic heterocycles. The van der Waals surface area contributed by atoms with E-state index in [4.69, 9.17) is 4.74 Å². The van der Waals surface area contributed by atoms with Crippen molar-refractivity contribution < 1.29 is 23.1 Å². The molecule has 2 aromatic carbocycles. The van der Waals surface area contributed by atoms with Gasteiger partial charge in [-0.25, -0.2) is 18.3 Å². The maximum absolute atomic E-state index is 12.4. The minimum atomic E-state index is -3.56. The molecule has 0 bridgehead atoms. The third-order valence-corrected chi connectivity index (χ3v) is 5.80. The van der Waals surface area contributed by atoms with E-state index in [0.717, 1.165) is 11.8 Å². The summed E-state index contributed by atoms with van der Waals surface area (Å²) in [6.45, 7) is 6.07. The van der Waals surface area contributed by atoms with Crippen molar-refractivity contribution in [2.45, 2.75) is 26.2 Å². The summed E-state index contributed by atoms with van der Waals surface area (Å²) >= 11 is 0. The number of benzene rings is 2. The fourth-order valence-corrected chi connectivity index (χ4v) is 4.19. The topological polar surface area (TPSA) is 138 Å². The second-order valence-electron chi connectivity index (χ2n) is 9.01. The number of carboxylic acid groups (broad SMARTS) is 1. The predicted octanol–water partition coefficient (Wildman–Crippen LogP) is 3.98. The van der Waals surface area contributed by atoms with Gasteiger partial charge in [0.1, 0.15) is 5.75 Å². The molecule has 0 aliphatic heterocycles. The molecule has 0 fully saturated rings. The Bertz CT molecular complexity index is 1470. The fraction of sp³-hybridized carbons (Fsp3) is 0.240. The number of H-pyrrole nitrogens is 1. The number of carbonyl (C=O) groups is 1. The zero-order valence-electron chi connectivity index (χ0n) is 20.0. The van der Waals surface area contributed by atoms with Gasteiger partial charge in [-0.15, -0.1) is 0 Å². The van der Waals surface area contributed by atoms with Gasteiger partial charge in [-0.2, -0.15) is 5.10 Å². The van der Waals surface area contributed by atoms with Crippen LogP contribution in [0.3, 0.4) is 0 Å². The summed E-state index contributed by atoms with van der Waals surface area (Å²) in [6.07, 6.45) is 5.80. The number of methoxy groups -OCH3 is 1. The van der Waals surface area contributed by atoms with Gasteiger partial charge in [-0.05, 0) is 46.9 Å². The number of nitrogens with zero attached hydrogens (tertiary/aromatic N) is 1. The third-order valence-electron chi connectivity index (χ3n) is 5.20. The lowest BCUT2D eigenvalue weighted by atomic mass is 9.83. The summed E-state index contributed by atoms with van der Waals surface area (Å²) in [5, 5.41) is 15.9. The van der Waals surface area contributed by atoms with Crippen molar-refractivity contribution in [2.24, 2.45) is 0 Å². The van der Waals surface area contributed by atoms with Crippen LogP contribution in [0.25, 0.3) is 23.3 Å². The lowest BCUT2D eigenvalue weighted by Crippen LogP contribution is -2.15. The van der Waals surface area contributed by atoms with Crippen molar-refractivity contribution in [1.29, 1.82) is 0 Å². The van der Waals surface area contributed by atoms with Crippen LogP contribution < -0.4 is 15.0 Å². The number of aromatic amines is 1. The number of sulfonamides is 1. The van der Waals surface area contributed by atoms with E-state index >= 15 is 0 Å². The van der Waals surface area contributed by atoms with Crippen LogP contribution in [0.5, 0.6) is 5.75 Å². The largest absolute Gasteiger partial charge is 0.496 e. The van der Waals surface area contributed by atoms with Gasteiger partial charge in [0.15, 0.2) is 0 Å². The van der Waals surface area contributed by atoms with E-state index in [9.17, 15) is 23.1 Å². The molecule has 3 rings (SSSR count). The van der Waals surface area contributed by atoms with Gasteiger partial charge in [0.05, 0.1) is 24.5 Å². The molecular formula is C25H27N3O6S. The molecule has 0 radical (unpaired) electrons. The predicted molar refractivity (Wildman–Crippen MR) is 136 cm³/mol. The highest BCUT2D eigenvalue weighted by Gasteiger charge is 2.23. The van der Waals surface area contributed by atoms with Crippen LogP contribution in [0.15, 0.2) is 47.4 Å². The maximum Gasteiger partial charge on any atom is 0.336 e. The van der Waals surface area contributed by atoms with Crippen LogP contribution >= 0.6 is 0 Å². The van der Waals surface area contributed by atoms with E-state index in [-0.39, 0.29) is 22.2 Å². The highest BCUT2D eigenvalue weighted by atomic mass is 32.2. The first-order chi connectivity index (χ1) is 16.3. The molecule has 35 heavy (non-hydrogen) atoms. The smallest absolute Gasteiger partial charge is 0.336 e. The molecule has 0 aliphatic rings. The van der Waals surface area contributed by atoms with E-state index < -0.39 is 16.0 Å². The highest BCUT2D eigenvalue weighted by molar-refractivity contribution is 7.92. The second kappa shape index (κ2) is 9.75. The Morgan fingerprint density at radius 1 is 1.11 bits per heavy atom. The van der Waals surface area contributed by atoms with Crippen molar-refractivity contribution >= 4 is 33.8 Å². The van der Waals surface area contributed by atoms with E-state index in [0.29, 0.717) is 28.0 Å². The SMILES string of the molecule is COc1c(C=Cc2ccc(NS(C)(=O)=O)cc2C(=O)O)cc(-c2ccn[nH]c2=O)cc1C(C)(C)C. The minimum Gasteiger partial charge on any atom is -0.496 e. The Hall–Kier alpha value is -3.92. The average molecular weight is 498 g/mol. The quantitative estimate of drug-likeness (QED) is 0.420. The van der Waals surface area contributed by atoms with Crippen LogP contribution in [0.1, 0.15) is 47.8 Å². The van der Waals surface area contributed by atoms with Gasteiger partial charge in [-0.1, -0.05) is 39.0 Å². The molecule has 0 saturated heterocycles. The minimum absolute atomic E-state index is 0.0772. The molecule has 184 valence electrons. The van der Waals surface area contributed by atoms with Gasteiger partial charge >= 0.3 is 5.97 Å². The Labute approximate surface area is 203 Å². The van der Waals surface area contributed by atoms with E-state index in [2.05, 4.69) is 14.9 Å². The number of hydrogen-bond donors (Lipinski definition) is 3. The zero-order chi connectivity index (χ0) is 26.0. The van der Waals surface area contributed by atoms with Crippen LogP contribution in [0.4, 0.5) is 5.69 Å². The Morgan fingerprint density at radius 3 is 2.37 bits per heavy atom. The van der Waals surface area contributed by atoms with E-state index in [1.54, 1.807) is 31.4 Å². The molecule has 0 amide bonds. The molecule has 1 heterocycles. The summed E-state index contributed by atoms with van der Waals surface area (Å²) in [6, 6.07) is 9.56. The zero-order valence-corrected chi connectivity index (χ0v) is 20.9. The number of nitrogens with one attached hydrogen (secondary N) is 2. The Balaban J connectivity index is 2.19. The number of carboxylic acids is 1. The number of hydrogen-bond acceptors (Lipinski definition) is 6. The number of rotatable bonds is 7. The van der Waals surface area contributed by atoms with Crippen LogP contribution in [0, 0.1) is 0 Å². The maximum atomic E-state index is 12.4. The fourth-order valence-electron chi connectivity index (χ4n) is 3.63. The third kappa shape index (κ3) is 6.15. The van der Waals surface area contributed by atoms with Gasteiger partial charge in [0.2, 0.25) is 10.0 Å². The Kier molecular flexibility index (Phi) is 7.16. The molecule has 0 saturated carbocycles. The number of ether oxygens (including phenoxy) is 1. The Morgan fingerprint density at radius 2 is 1.80 bits per heavy atom. The first-order valence-corrected chi connectivity index (χ1v) is 12.5. The first-order valence-electron chi connectivity index (χ1n) is 10.6. The summed E-state index contributed by atoms with van der Waals surface area (Å²) in [5.41, 5.74) is 2.36. The van der Waals surface area contributed by atoms with Gasteiger partial charge in [-0.3, -0.25) is 9.52 Å². The number of anilines is 1. The highest BCUT2D eigenvalue weighted by Crippen LogP contribution is 2.38. The molecule has 0 aliphatic carbocycles. The van der Waals surface area contributed by atoms with Crippen molar-refractivity contribution in [1.82, 2.24) is 10.2 Å². The second-order valence-corrected chi connectivity index (χ2v) is 10.8. The number of aromatic carboxylic acids is 1. The van der Waals surface area contributed by atoms with Crippen LogP contribution in [-0.4, -0.2) is 43.1 Å². The molecule has 3 aromatic rings. The molecule has 0 unspecified atom stereocenters. The standard InChI is InChI=1S/C25H27N3O6S/c1-25(2,3)21-13-17(19-10-11-26-27-23(19)29)12-16(22(21)34-4)7-6-15-8-9-18(28-35(5,32)33)14-20(15)24(30)31/h6-14,28H,1-5H3,(H,27,29)(H,30,31).